The number of rotatable bonds is 7. The summed E-state index contributed by atoms with van der Waals surface area (Å²) in [6.45, 7) is 4.35. The third kappa shape index (κ3) is 4.80. The molecule has 124 valence electrons. The molecule has 2 aromatic carbocycles. The van der Waals surface area contributed by atoms with Crippen molar-refractivity contribution in [1.82, 2.24) is 4.72 Å². The monoisotopic (exact) mass is 397 g/mol. The van der Waals surface area contributed by atoms with Crippen LogP contribution in [0.15, 0.2) is 57.9 Å². The van der Waals surface area contributed by atoms with E-state index in [4.69, 9.17) is 4.74 Å². The minimum absolute atomic E-state index is 0.189. The second-order valence-corrected chi connectivity index (χ2v) is 7.76. The van der Waals surface area contributed by atoms with Gasteiger partial charge in [-0.3, -0.25) is 0 Å². The molecule has 0 aromatic heterocycles. The number of halogens is 1. The van der Waals surface area contributed by atoms with Crippen LogP contribution in [0.1, 0.15) is 31.9 Å². The number of ether oxygens (including phenoxy) is 1. The predicted molar refractivity (Wildman–Crippen MR) is 95.1 cm³/mol. The van der Waals surface area contributed by atoms with Crippen LogP contribution in [-0.4, -0.2) is 15.0 Å². The highest BCUT2D eigenvalue weighted by Gasteiger charge is 2.19. The molecule has 0 aliphatic carbocycles. The summed E-state index contributed by atoms with van der Waals surface area (Å²) >= 11 is 3.37. The van der Waals surface area contributed by atoms with Crippen molar-refractivity contribution in [3.8, 4) is 5.75 Å². The van der Waals surface area contributed by atoms with E-state index < -0.39 is 10.0 Å². The lowest BCUT2D eigenvalue weighted by Gasteiger charge is -2.15. The number of hydrogen-bond acceptors (Lipinski definition) is 3. The van der Waals surface area contributed by atoms with Crippen LogP contribution in [-0.2, 0) is 10.0 Å². The van der Waals surface area contributed by atoms with Crippen molar-refractivity contribution in [1.29, 1.82) is 0 Å². The van der Waals surface area contributed by atoms with E-state index >= 15 is 0 Å². The SMILES string of the molecule is CCCOc1cc(S(=O)(=O)NC(C)c2ccccc2)ccc1Br. The molecule has 0 spiro atoms. The lowest BCUT2D eigenvalue weighted by molar-refractivity contribution is 0.314. The van der Waals surface area contributed by atoms with E-state index in [-0.39, 0.29) is 10.9 Å². The third-order valence-electron chi connectivity index (χ3n) is 3.31. The van der Waals surface area contributed by atoms with Crippen molar-refractivity contribution < 1.29 is 13.2 Å². The van der Waals surface area contributed by atoms with Gasteiger partial charge >= 0.3 is 0 Å². The van der Waals surface area contributed by atoms with Crippen LogP contribution in [0.2, 0.25) is 0 Å². The summed E-state index contributed by atoms with van der Waals surface area (Å²) in [7, 11) is -3.62. The summed E-state index contributed by atoms with van der Waals surface area (Å²) in [4.78, 5) is 0.189. The first kappa shape index (κ1) is 18.0. The predicted octanol–water partition coefficient (Wildman–Crippen LogP) is 4.28. The molecule has 2 rings (SSSR count). The second kappa shape index (κ2) is 7.95. The highest BCUT2D eigenvalue weighted by Crippen LogP contribution is 2.28. The molecule has 6 heteroatoms. The average Bonchev–Trinajstić information content (AvgIpc) is 2.54. The molecule has 23 heavy (non-hydrogen) atoms. The fraction of sp³-hybridized carbons (Fsp3) is 0.294. The van der Waals surface area contributed by atoms with E-state index in [1.807, 2.05) is 44.2 Å². The van der Waals surface area contributed by atoms with Gasteiger partial charge in [0.05, 0.1) is 16.0 Å². The molecule has 0 aliphatic heterocycles. The van der Waals surface area contributed by atoms with Crippen LogP contribution in [0.3, 0.4) is 0 Å². The molecular weight excluding hydrogens is 378 g/mol. The van der Waals surface area contributed by atoms with Gasteiger partial charge in [-0.1, -0.05) is 37.3 Å². The van der Waals surface area contributed by atoms with E-state index in [1.165, 1.54) is 0 Å². The van der Waals surface area contributed by atoms with Crippen LogP contribution < -0.4 is 9.46 Å². The topological polar surface area (TPSA) is 55.4 Å². The number of benzene rings is 2. The highest BCUT2D eigenvalue weighted by atomic mass is 79.9. The zero-order valence-corrected chi connectivity index (χ0v) is 15.5. The highest BCUT2D eigenvalue weighted by molar-refractivity contribution is 9.10. The summed E-state index contributed by atoms with van der Waals surface area (Å²) in [6, 6.07) is 13.9. The zero-order chi connectivity index (χ0) is 16.9. The van der Waals surface area contributed by atoms with Crippen molar-refractivity contribution in [2.45, 2.75) is 31.2 Å². The Kier molecular flexibility index (Phi) is 6.21. The minimum Gasteiger partial charge on any atom is -0.492 e. The molecule has 0 heterocycles. The molecule has 2 aromatic rings. The molecule has 0 amide bonds. The smallest absolute Gasteiger partial charge is 0.241 e. The molecule has 0 fully saturated rings. The lowest BCUT2D eigenvalue weighted by Crippen LogP contribution is -2.26. The Balaban J connectivity index is 2.22. The lowest BCUT2D eigenvalue weighted by atomic mass is 10.1. The van der Waals surface area contributed by atoms with Crippen LogP contribution in [0.25, 0.3) is 0 Å². The largest absolute Gasteiger partial charge is 0.492 e. The first-order valence-electron chi connectivity index (χ1n) is 7.43. The maximum Gasteiger partial charge on any atom is 0.241 e. The van der Waals surface area contributed by atoms with Gasteiger partial charge in [-0.25, -0.2) is 13.1 Å². The Morgan fingerprint density at radius 3 is 2.52 bits per heavy atom. The molecule has 1 N–H and O–H groups in total. The van der Waals surface area contributed by atoms with Gasteiger partial charge in [-0.15, -0.1) is 0 Å². The van der Waals surface area contributed by atoms with Gasteiger partial charge in [0, 0.05) is 12.1 Å². The van der Waals surface area contributed by atoms with Crippen molar-refractivity contribution >= 4 is 26.0 Å². The van der Waals surface area contributed by atoms with Gasteiger partial charge in [-0.2, -0.15) is 0 Å². The molecular formula is C17H20BrNO3S. The summed E-state index contributed by atoms with van der Waals surface area (Å²) < 4.78 is 34.1. The van der Waals surface area contributed by atoms with Crippen molar-refractivity contribution in [2.75, 3.05) is 6.61 Å². The molecule has 0 aliphatic rings. The van der Waals surface area contributed by atoms with E-state index in [0.29, 0.717) is 12.4 Å². The molecule has 1 atom stereocenters. The van der Waals surface area contributed by atoms with Gasteiger partial charge in [0.1, 0.15) is 5.75 Å². The van der Waals surface area contributed by atoms with Crippen molar-refractivity contribution in [3.63, 3.8) is 0 Å². The average molecular weight is 398 g/mol. The van der Waals surface area contributed by atoms with Crippen molar-refractivity contribution in [2.24, 2.45) is 0 Å². The minimum atomic E-state index is -3.62. The maximum absolute atomic E-state index is 12.6. The summed E-state index contributed by atoms with van der Waals surface area (Å²) in [5.41, 5.74) is 0.913. The van der Waals surface area contributed by atoms with Crippen LogP contribution in [0.4, 0.5) is 0 Å². The van der Waals surface area contributed by atoms with Gasteiger partial charge in [0.2, 0.25) is 10.0 Å². The second-order valence-electron chi connectivity index (χ2n) is 5.19. The molecule has 4 nitrogen and oxygen atoms in total. The molecule has 1 unspecified atom stereocenters. The summed E-state index contributed by atoms with van der Waals surface area (Å²) in [5.74, 6) is 0.530. The number of sulfonamides is 1. The Morgan fingerprint density at radius 2 is 1.87 bits per heavy atom. The first-order chi connectivity index (χ1) is 10.9. The van der Waals surface area contributed by atoms with E-state index in [2.05, 4.69) is 20.7 Å². The Labute approximate surface area is 146 Å². The van der Waals surface area contributed by atoms with Gasteiger partial charge < -0.3 is 4.74 Å². The Bertz CT molecular complexity index is 748. The molecule has 0 bridgehead atoms. The van der Waals surface area contributed by atoms with Crippen LogP contribution in [0, 0.1) is 0 Å². The quantitative estimate of drug-likeness (QED) is 0.758. The van der Waals surface area contributed by atoms with Gasteiger partial charge in [0.25, 0.3) is 0 Å². The number of nitrogens with one attached hydrogen (secondary N) is 1. The fourth-order valence-corrected chi connectivity index (χ4v) is 3.69. The van der Waals surface area contributed by atoms with Crippen LogP contribution in [0.5, 0.6) is 5.75 Å². The van der Waals surface area contributed by atoms with Crippen LogP contribution >= 0.6 is 15.9 Å². The summed E-state index contributed by atoms with van der Waals surface area (Å²) in [6.07, 6.45) is 0.854. The Hall–Kier alpha value is -1.37. The fourth-order valence-electron chi connectivity index (χ4n) is 2.08. The number of hydrogen-bond donors (Lipinski definition) is 1. The van der Waals surface area contributed by atoms with E-state index in [1.54, 1.807) is 18.2 Å². The Morgan fingerprint density at radius 1 is 1.17 bits per heavy atom. The van der Waals surface area contributed by atoms with Gasteiger partial charge in [-0.05, 0) is 47.0 Å². The standard InChI is InChI=1S/C17H20BrNO3S/c1-3-11-22-17-12-15(9-10-16(17)18)23(20,21)19-13(2)14-7-5-4-6-8-14/h4-10,12-13,19H,3,11H2,1-2H3. The first-order valence-corrected chi connectivity index (χ1v) is 9.71. The summed E-state index contributed by atoms with van der Waals surface area (Å²) in [5, 5.41) is 0. The van der Waals surface area contributed by atoms with Crippen molar-refractivity contribution in [3.05, 3.63) is 58.6 Å². The van der Waals surface area contributed by atoms with E-state index in [0.717, 1.165) is 16.5 Å². The van der Waals surface area contributed by atoms with E-state index in [9.17, 15) is 8.42 Å². The molecule has 0 saturated carbocycles. The van der Waals surface area contributed by atoms with Gasteiger partial charge in [0.15, 0.2) is 0 Å². The maximum atomic E-state index is 12.6. The third-order valence-corrected chi connectivity index (χ3v) is 5.50. The zero-order valence-electron chi connectivity index (χ0n) is 13.1. The molecule has 0 saturated heterocycles. The normalized spacial score (nSPS) is 12.8. The molecule has 0 radical (unpaired) electrons.